The lowest BCUT2D eigenvalue weighted by atomic mass is 9.97. The molecule has 3 aromatic carbocycles. The van der Waals surface area contributed by atoms with Gasteiger partial charge < -0.3 is 0 Å². The first kappa shape index (κ1) is 15.1. The average molecular weight is 342 g/mol. The van der Waals surface area contributed by atoms with Gasteiger partial charge in [-0.05, 0) is 44.7 Å². The Balaban J connectivity index is 2.07. The van der Waals surface area contributed by atoms with Crippen LogP contribution in [0.1, 0.15) is 26.7 Å². The average Bonchev–Trinajstić information content (AvgIpc) is 2.93. The Bertz CT molecular complexity index is 1040. The predicted octanol–water partition coefficient (Wildman–Crippen LogP) is 5.24. The number of aromatic nitrogens is 1. The number of pyridine rings is 1. The fourth-order valence-electron chi connectivity index (χ4n) is 5.36. The molecule has 5 rings (SSSR count). The third kappa shape index (κ3) is 1.81. The van der Waals surface area contributed by atoms with Crippen LogP contribution in [0.2, 0.25) is 12.1 Å². The fourth-order valence-corrected chi connectivity index (χ4v) is 11.0. The second-order valence-electron chi connectivity index (χ2n) is 7.44. The van der Waals surface area contributed by atoms with E-state index in [-0.39, 0.29) is 0 Å². The van der Waals surface area contributed by atoms with Crippen LogP contribution in [0, 0.1) is 0 Å². The molecule has 4 aromatic rings. The maximum absolute atomic E-state index is 4.78. The molecule has 1 aliphatic heterocycles. The Morgan fingerprint density at radius 3 is 2.00 bits per heavy atom. The predicted molar refractivity (Wildman–Crippen MR) is 112 cm³/mol. The van der Waals surface area contributed by atoms with Crippen molar-refractivity contribution in [1.82, 2.24) is 4.98 Å². The van der Waals surface area contributed by atoms with Gasteiger partial charge in [0.2, 0.25) is 0 Å². The standard InChI is InChI=1S/C23H23NSi/c1-3-14-25(15-4-2)19-11-5-8-16-17-10-7-13-24-23(17)18-9-6-12-20(25)22(18)21(16)19/h5-13H,3-4,14-15H2,1-2H3. The van der Waals surface area contributed by atoms with E-state index in [2.05, 4.69) is 62.4 Å². The molecule has 0 bridgehead atoms. The minimum absolute atomic E-state index is 1.17. The van der Waals surface area contributed by atoms with E-state index in [4.69, 9.17) is 4.98 Å². The van der Waals surface area contributed by atoms with Crippen LogP contribution in [-0.2, 0) is 0 Å². The molecule has 25 heavy (non-hydrogen) atoms. The first-order chi connectivity index (χ1) is 12.3. The number of benzene rings is 3. The summed E-state index contributed by atoms with van der Waals surface area (Å²) in [6.07, 6.45) is 4.47. The quantitative estimate of drug-likeness (QED) is 0.365. The van der Waals surface area contributed by atoms with Crippen LogP contribution in [-0.4, -0.2) is 13.1 Å². The maximum Gasteiger partial charge on any atom is 0.119 e. The van der Waals surface area contributed by atoms with Crippen LogP contribution in [0.25, 0.3) is 32.4 Å². The van der Waals surface area contributed by atoms with Gasteiger partial charge in [0.1, 0.15) is 8.07 Å². The van der Waals surface area contributed by atoms with Crippen LogP contribution in [0.5, 0.6) is 0 Å². The molecule has 0 fully saturated rings. The summed E-state index contributed by atoms with van der Waals surface area (Å²) in [6, 6.07) is 21.1. The van der Waals surface area contributed by atoms with Gasteiger partial charge in [0.05, 0.1) is 5.52 Å². The van der Waals surface area contributed by atoms with Crippen molar-refractivity contribution >= 4 is 50.9 Å². The summed E-state index contributed by atoms with van der Waals surface area (Å²) in [7, 11) is -1.66. The summed E-state index contributed by atoms with van der Waals surface area (Å²) in [5.74, 6) is 0. The lowest BCUT2D eigenvalue weighted by Crippen LogP contribution is -2.55. The highest BCUT2D eigenvalue weighted by Crippen LogP contribution is 2.39. The summed E-state index contributed by atoms with van der Waals surface area (Å²) in [4.78, 5) is 4.78. The second kappa shape index (κ2) is 5.40. The molecule has 2 heterocycles. The summed E-state index contributed by atoms with van der Waals surface area (Å²) < 4.78 is 0. The normalized spacial score (nSPS) is 15.0. The van der Waals surface area contributed by atoms with Crippen LogP contribution < -0.4 is 10.4 Å². The SMILES string of the molecule is CCC[Si]1(CCC)c2cccc3c4cccnc4c4cccc1c4c23. The van der Waals surface area contributed by atoms with E-state index < -0.39 is 8.07 Å². The van der Waals surface area contributed by atoms with Crippen molar-refractivity contribution in [2.75, 3.05) is 0 Å². The number of fused-ring (bicyclic) bond motifs is 3. The Labute approximate surface area is 149 Å². The number of hydrogen-bond donors (Lipinski definition) is 0. The third-order valence-electron chi connectivity index (χ3n) is 6.12. The van der Waals surface area contributed by atoms with Crippen LogP contribution in [0.15, 0.2) is 54.7 Å². The highest BCUT2D eigenvalue weighted by molar-refractivity contribution is 7.07. The molecular weight excluding hydrogens is 318 g/mol. The van der Waals surface area contributed by atoms with Crippen molar-refractivity contribution in [1.29, 1.82) is 0 Å². The Morgan fingerprint density at radius 2 is 1.32 bits per heavy atom. The summed E-state index contributed by atoms with van der Waals surface area (Å²) in [5.41, 5.74) is 1.17. The van der Waals surface area contributed by atoms with Crippen molar-refractivity contribution in [2.45, 2.75) is 38.8 Å². The monoisotopic (exact) mass is 341 g/mol. The van der Waals surface area contributed by atoms with Gasteiger partial charge >= 0.3 is 0 Å². The van der Waals surface area contributed by atoms with Crippen LogP contribution in [0.3, 0.4) is 0 Å². The molecule has 0 unspecified atom stereocenters. The highest BCUT2D eigenvalue weighted by atomic mass is 28.3. The van der Waals surface area contributed by atoms with E-state index in [0.29, 0.717) is 0 Å². The van der Waals surface area contributed by atoms with E-state index in [1.165, 1.54) is 52.0 Å². The van der Waals surface area contributed by atoms with Gasteiger partial charge in [0, 0.05) is 17.0 Å². The molecule has 0 N–H and O–H groups in total. The molecule has 1 nitrogen and oxygen atoms in total. The minimum Gasteiger partial charge on any atom is -0.256 e. The first-order valence-corrected chi connectivity index (χ1v) is 12.0. The van der Waals surface area contributed by atoms with Crippen LogP contribution in [0.4, 0.5) is 0 Å². The van der Waals surface area contributed by atoms with E-state index in [1.807, 2.05) is 6.20 Å². The minimum atomic E-state index is -1.66. The smallest absolute Gasteiger partial charge is 0.119 e. The Kier molecular flexibility index (Phi) is 3.26. The van der Waals surface area contributed by atoms with E-state index in [0.717, 1.165) is 0 Å². The molecule has 0 saturated heterocycles. The Morgan fingerprint density at radius 1 is 0.720 bits per heavy atom. The van der Waals surface area contributed by atoms with E-state index in [1.54, 1.807) is 15.8 Å². The number of rotatable bonds is 4. The largest absolute Gasteiger partial charge is 0.256 e. The molecule has 0 saturated carbocycles. The first-order valence-electron chi connectivity index (χ1n) is 9.55. The van der Waals surface area contributed by atoms with Gasteiger partial charge in [-0.3, -0.25) is 4.98 Å². The molecule has 0 atom stereocenters. The van der Waals surface area contributed by atoms with Gasteiger partial charge in [0.15, 0.2) is 0 Å². The molecular formula is C23H23NSi. The number of nitrogens with zero attached hydrogens (tertiary/aromatic N) is 1. The molecule has 2 heteroatoms. The van der Waals surface area contributed by atoms with Crippen molar-refractivity contribution in [3.8, 4) is 0 Å². The summed E-state index contributed by atoms with van der Waals surface area (Å²) in [6.45, 7) is 4.71. The van der Waals surface area contributed by atoms with Crippen molar-refractivity contribution < 1.29 is 0 Å². The molecule has 0 aliphatic carbocycles. The molecule has 0 amide bonds. The van der Waals surface area contributed by atoms with Gasteiger partial charge in [-0.25, -0.2) is 0 Å². The lowest BCUT2D eigenvalue weighted by molar-refractivity contribution is 0.999. The zero-order chi connectivity index (χ0) is 17.0. The summed E-state index contributed by atoms with van der Waals surface area (Å²) in [5, 5.41) is 10.5. The van der Waals surface area contributed by atoms with Crippen LogP contribution >= 0.6 is 0 Å². The molecule has 1 aliphatic rings. The topological polar surface area (TPSA) is 12.9 Å². The summed E-state index contributed by atoms with van der Waals surface area (Å²) >= 11 is 0. The van der Waals surface area contributed by atoms with E-state index >= 15 is 0 Å². The van der Waals surface area contributed by atoms with Gasteiger partial charge in [-0.1, -0.05) is 69.2 Å². The lowest BCUT2D eigenvalue weighted by Gasteiger charge is -2.29. The Hall–Kier alpha value is -2.19. The zero-order valence-corrected chi connectivity index (χ0v) is 16.0. The fraction of sp³-hybridized carbons (Fsp3) is 0.261. The molecule has 1 aromatic heterocycles. The maximum atomic E-state index is 4.78. The number of hydrogen-bond acceptors (Lipinski definition) is 1. The second-order valence-corrected chi connectivity index (χ2v) is 11.7. The molecule has 0 radical (unpaired) electrons. The van der Waals surface area contributed by atoms with Crippen molar-refractivity contribution in [2.24, 2.45) is 0 Å². The highest BCUT2D eigenvalue weighted by Gasteiger charge is 2.42. The third-order valence-corrected chi connectivity index (χ3v) is 11.7. The zero-order valence-electron chi connectivity index (χ0n) is 15.0. The van der Waals surface area contributed by atoms with Crippen molar-refractivity contribution in [3.63, 3.8) is 0 Å². The van der Waals surface area contributed by atoms with E-state index in [9.17, 15) is 0 Å². The molecule has 124 valence electrons. The van der Waals surface area contributed by atoms with Crippen molar-refractivity contribution in [3.05, 3.63) is 54.7 Å². The van der Waals surface area contributed by atoms with Gasteiger partial charge in [-0.15, -0.1) is 0 Å². The van der Waals surface area contributed by atoms with Gasteiger partial charge in [-0.2, -0.15) is 0 Å². The molecule has 0 spiro atoms. The van der Waals surface area contributed by atoms with Gasteiger partial charge in [0.25, 0.3) is 0 Å².